The molecule has 150 valence electrons. The van der Waals surface area contributed by atoms with Crippen LogP contribution in [0.4, 0.5) is 15.8 Å². The molecule has 2 aromatic carbocycles. The molecule has 30 heavy (non-hydrogen) atoms. The molecule has 0 spiro atoms. The number of anilines is 1. The Morgan fingerprint density at radius 1 is 0.967 bits per heavy atom. The molecule has 0 aliphatic heterocycles. The van der Waals surface area contributed by atoms with Crippen LogP contribution in [-0.2, 0) is 0 Å². The molecular weight excluding hydrogens is 396 g/mol. The fourth-order valence-electron chi connectivity index (χ4n) is 2.79. The summed E-state index contributed by atoms with van der Waals surface area (Å²) < 4.78 is 1.80. The number of thiazole rings is 1. The lowest BCUT2D eigenvalue weighted by Gasteiger charge is -2.03. The van der Waals surface area contributed by atoms with E-state index in [4.69, 9.17) is 0 Å². The second-order valence-electron chi connectivity index (χ2n) is 6.52. The largest absolute Gasteiger partial charge is 0.252 e. The first kappa shape index (κ1) is 19.6. The predicted octanol–water partition coefficient (Wildman–Crippen LogP) is 5.59. The zero-order valence-corrected chi connectivity index (χ0v) is 17.6. The van der Waals surface area contributed by atoms with Gasteiger partial charge in [-0.3, -0.25) is 5.43 Å². The van der Waals surface area contributed by atoms with Crippen LogP contribution in [0.2, 0.25) is 0 Å². The summed E-state index contributed by atoms with van der Waals surface area (Å²) in [6.07, 6.45) is 0. The van der Waals surface area contributed by atoms with Gasteiger partial charge in [-0.25, -0.2) is 9.67 Å². The smallest absolute Gasteiger partial charge is 0.205 e. The van der Waals surface area contributed by atoms with Crippen LogP contribution in [0.5, 0.6) is 0 Å². The first-order valence-corrected chi connectivity index (χ1v) is 10.2. The van der Waals surface area contributed by atoms with Crippen molar-refractivity contribution in [3.8, 4) is 5.69 Å². The number of para-hydroxylation sites is 1. The summed E-state index contributed by atoms with van der Waals surface area (Å²) in [4.78, 5) is 4.47. The van der Waals surface area contributed by atoms with Crippen molar-refractivity contribution in [2.45, 2.75) is 20.8 Å². The number of hydrazone groups is 1. The van der Waals surface area contributed by atoms with E-state index in [1.807, 2.05) is 81.4 Å². The number of azo groups is 1. The van der Waals surface area contributed by atoms with Crippen molar-refractivity contribution in [1.82, 2.24) is 20.0 Å². The molecule has 0 unspecified atom stereocenters. The lowest BCUT2D eigenvalue weighted by Crippen LogP contribution is -2.04. The normalized spacial score (nSPS) is 11.9. The SMILES string of the molecule is C/C(=N/Nc1nc(C)c(N=Nc2ccccc2)s1)c1nnn(-c2ccccc2)c1C. The molecule has 4 aromatic rings. The minimum Gasteiger partial charge on any atom is -0.252 e. The van der Waals surface area contributed by atoms with Gasteiger partial charge in [0.15, 0.2) is 5.00 Å². The Bertz CT molecular complexity index is 1190. The van der Waals surface area contributed by atoms with E-state index in [0.29, 0.717) is 5.13 Å². The average molecular weight is 417 g/mol. The van der Waals surface area contributed by atoms with Crippen molar-refractivity contribution in [2.75, 3.05) is 5.43 Å². The molecule has 0 saturated carbocycles. The first-order chi connectivity index (χ1) is 14.6. The van der Waals surface area contributed by atoms with Crippen molar-refractivity contribution in [2.24, 2.45) is 15.3 Å². The summed E-state index contributed by atoms with van der Waals surface area (Å²) in [5, 5.41) is 22.9. The summed E-state index contributed by atoms with van der Waals surface area (Å²) in [6, 6.07) is 19.5. The number of aromatic nitrogens is 4. The summed E-state index contributed by atoms with van der Waals surface area (Å²) in [5.41, 5.74) is 7.90. The van der Waals surface area contributed by atoms with Crippen LogP contribution in [-0.4, -0.2) is 25.7 Å². The summed E-state index contributed by atoms with van der Waals surface area (Å²) in [7, 11) is 0. The van der Waals surface area contributed by atoms with Crippen LogP contribution < -0.4 is 5.43 Å². The number of hydrogen-bond acceptors (Lipinski definition) is 8. The summed E-state index contributed by atoms with van der Waals surface area (Å²) >= 11 is 1.39. The van der Waals surface area contributed by atoms with Gasteiger partial charge in [0.25, 0.3) is 0 Å². The molecule has 4 rings (SSSR count). The van der Waals surface area contributed by atoms with Gasteiger partial charge in [0.05, 0.1) is 28.5 Å². The van der Waals surface area contributed by atoms with E-state index in [-0.39, 0.29) is 0 Å². The number of nitrogens with zero attached hydrogens (tertiary/aromatic N) is 7. The van der Waals surface area contributed by atoms with Crippen LogP contribution in [0, 0.1) is 13.8 Å². The second-order valence-corrected chi connectivity index (χ2v) is 7.50. The Labute approximate surface area is 178 Å². The van der Waals surface area contributed by atoms with Crippen molar-refractivity contribution in [3.05, 3.63) is 77.7 Å². The molecule has 0 amide bonds. The van der Waals surface area contributed by atoms with E-state index < -0.39 is 0 Å². The highest BCUT2D eigenvalue weighted by Gasteiger charge is 2.13. The van der Waals surface area contributed by atoms with Crippen LogP contribution >= 0.6 is 11.3 Å². The third-order valence-corrected chi connectivity index (χ3v) is 5.29. The molecule has 0 bridgehead atoms. The topological polar surface area (TPSA) is 92.7 Å². The Morgan fingerprint density at radius 3 is 2.40 bits per heavy atom. The summed E-state index contributed by atoms with van der Waals surface area (Å²) in [6.45, 7) is 5.75. The maximum absolute atomic E-state index is 4.47. The van der Waals surface area contributed by atoms with Gasteiger partial charge in [-0.15, -0.1) is 15.3 Å². The van der Waals surface area contributed by atoms with E-state index in [1.54, 1.807) is 4.68 Å². The lowest BCUT2D eigenvalue weighted by atomic mass is 10.2. The van der Waals surface area contributed by atoms with Gasteiger partial charge >= 0.3 is 0 Å². The molecule has 1 N–H and O–H groups in total. The van der Waals surface area contributed by atoms with Gasteiger partial charge < -0.3 is 0 Å². The van der Waals surface area contributed by atoms with E-state index >= 15 is 0 Å². The Hall–Kier alpha value is -3.72. The Morgan fingerprint density at radius 2 is 1.67 bits per heavy atom. The van der Waals surface area contributed by atoms with E-state index in [0.717, 1.165) is 39.2 Å². The maximum atomic E-state index is 4.47. The van der Waals surface area contributed by atoms with Gasteiger partial charge in [0.2, 0.25) is 5.13 Å². The molecule has 0 aliphatic carbocycles. The molecule has 0 radical (unpaired) electrons. The monoisotopic (exact) mass is 416 g/mol. The molecule has 2 heterocycles. The third kappa shape index (κ3) is 4.31. The highest BCUT2D eigenvalue weighted by atomic mass is 32.1. The summed E-state index contributed by atoms with van der Waals surface area (Å²) in [5.74, 6) is 0. The third-order valence-electron chi connectivity index (χ3n) is 4.34. The van der Waals surface area contributed by atoms with Crippen molar-refractivity contribution >= 4 is 32.9 Å². The molecule has 0 saturated heterocycles. The number of aryl methyl sites for hydroxylation is 1. The zero-order chi connectivity index (χ0) is 20.9. The highest BCUT2D eigenvalue weighted by molar-refractivity contribution is 7.19. The van der Waals surface area contributed by atoms with Gasteiger partial charge in [-0.05, 0) is 45.0 Å². The Kier molecular flexibility index (Phi) is 5.71. The van der Waals surface area contributed by atoms with E-state index in [1.165, 1.54) is 11.3 Å². The zero-order valence-electron chi connectivity index (χ0n) is 16.8. The number of benzene rings is 2. The highest BCUT2D eigenvalue weighted by Crippen LogP contribution is 2.32. The van der Waals surface area contributed by atoms with Crippen molar-refractivity contribution in [1.29, 1.82) is 0 Å². The van der Waals surface area contributed by atoms with Crippen LogP contribution in [0.3, 0.4) is 0 Å². The fourth-order valence-corrected chi connectivity index (χ4v) is 3.52. The van der Waals surface area contributed by atoms with Crippen molar-refractivity contribution < 1.29 is 0 Å². The predicted molar refractivity (Wildman–Crippen MR) is 119 cm³/mol. The van der Waals surface area contributed by atoms with Crippen LogP contribution in [0.1, 0.15) is 24.0 Å². The standard InChI is InChI=1S/C21H20N8S/c1-14(19-16(3)29(28-25-19)18-12-8-5-9-13-18)23-27-21-22-15(2)20(30-21)26-24-17-10-6-4-7-11-17/h4-13H,1-3H3,(H,22,27)/b23-14-,26-24?. The molecule has 0 fully saturated rings. The second kappa shape index (κ2) is 8.75. The molecule has 2 aromatic heterocycles. The van der Waals surface area contributed by atoms with Gasteiger partial charge in [-0.1, -0.05) is 52.9 Å². The molecule has 0 aliphatic rings. The number of hydrogen-bond donors (Lipinski definition) is 1. The maximum Gasteiger partial charge on any atom is 0.205 e. The van der Waals surface area contributed by atoms with E-state index in [9.17, 15) is 0 Å². The van der Waals surface area contributed by atoms with Crippen molar-refractivity contribution in [3.63, 3.8) is 0 Å². The fraction of sp³-hybridized carbons (Fsp3) is 0.143. The van der Waals surface area contributed by atoms with Crippen LogP contribution in [0.25, 0.3) is 5.69 Å². The minimum atomic E-state index is 0.641. The minimum absolute atomic E-state index is 0.641. The Balaban J connectivity index is 1.49. The quantitative estimate of drug-likeness (QED) is 0.252. The number of rotatable bonds is 6. The van der Waals surface area contributed by atoms with Gasteiger partial charge in [0, 0.05) is 0 Å². The molecule has 8 nitrogen and oxygen atoms in total. The average Bonchev–Trinajstić information content (AvgIpc) is 3.34. The van der Waals surface area contributed by atoms with Gasteiger partial charge in [-0.2, -0.15) is 5.10 Å². The molecular formula is C21H20N8S. The van der Waals surface area contributed by atoms with Crippen LogP contribution in [0.15, 0.2) is 76.0 Å². The van der Waals surface area contributed by atoms with E-state index in [2.05, 4.69) is 36.1 Å². The molecule has 9 heteroatoms. The number of nitrogens with one attached hydrogen (secondary N) is 1. The van der Waals surface area contributed by atoms with Gasteiger partial charge in [0.1, 0.15) is 5.69 Å². The molecule has 0 atom stereocenters. The lowest BCUT2D eigenvalue weighted by molar-refractivity contribution is 0.785. The first-order valence-electron chi connectivity index (χ1n) is 9.34.